The lowest BCUT2D eigenvalue weighted by atomic mass is 9.95. The zero-order valence-corrected chi connectivity index (χ0v) is 8.71. The molecule has 0 fully saturated rings. The van der Waals surface area contributed by atoms with Gasteiger partial charge in [-0.15, -0.1) is 0 Å². The Bertz CT molecular complexity index is 346. The third-order valence-corrected chi connectivity index (χ3v) is 2.77. The Morgan fingerprint density at radius 2 is 2.29 bits per heavy atom. The van der Waals surface area contributed by atoms with Gasteiger partial charge < -0.3 is 9.84 Å². The van der Waals surface area contributed by atoms with Gasteiger partial charge in [0.15, 0.2) is 11.5 Å². The van der Waals surface area contributed by atoms with E-state index in [9.17, 15) is 5.11 Å². The summed E-state index contributed by atoms with van der Waals surface area (Å²) in [5, 5.41) is 9.61. The highest BCUT2D eigenvalue weighted by Gasteiger charge is 2.35. The first-order chi connectivity index (χ1) is 6.64. The minimum atomic E-state index is -0.115. The Hall–Kier alpha value is -1.18. The maximum Gasteiger partial charge on any atom is 0.165 e. The summed E-state index contributed by atoms with van der Waals surface area (Å²) < 4.78 is 5.82. The smallest absolute Gasteiger partial charge is 0.165 e. The Labute approximate surface area is 84.5 Å². The van der Waals surface area contributed by atoms with Gasteiger partial charge >= 0.3 is 0 Å². The summed E-state index contributed by atoms with van der Waals surface area (Å²) in [7, 11) is 0. The van der Waals surface area contributed by atoms with Crippen molar-refractivity contribution >= 4 is 0 Å². The van der Waals surface area contributed by atoms with Crippen molar-refractivity contribution in [2.45, 2.75) is 38.7 Å². The molecule has 1 heterocycles. The molecule has 2 rings (SSSR count). The number of ether oxygens (including phenoxy) is 1. The zero-order valence-electron chi connectivity index (χ0n) is 8.71. The third-order valence-electron chi connectivity index (χ3n) is 2.77. The van der Waals surface area contributed by atoms with Crippen LogP contribution in [0.25, 0.3) is 0 Å². The number of para-hydroxylation sites is 1. The molecule has 2 heteroatoms. The zero-order chi connectivity index (χ0) is 10.2. The van der Waals surface area contributed by atoms with E-state index in [2.05, 4.69) is 13.8 Å². The maximum atomic E-state index is 9.61. The predicted molar refractivity (Wildman–Crippen MR) is 55.8 cm³/mol. The molecule has 0 radical (unpaired) electrons. The topological polar surface area (TPSA) is 29.5 Å². The molecule has 76 valence electrons. The molecule has 0 bridgehead atoms. The average molecular weight is 192 g/mol. The third kappa shape index (κ3) is 1.45. The van der Waals surface area contributed by atoms with Crippen molar-refractivity contribution in [3.63, 3.8) is 0 Å². The van der Waals surface area contributed by atoms with E-state index < -0.39 is 0 Å². The summed E-state index contributed by atoms with van der Waals surface area (Å²) in [6, 6.07) is 5.57. The number of rotatable bonds is 2. The first-order valence-corrected chi connectivity index (χ1v) is 5.14. The van der Waals surface area contributed by atoms with Crippen LogP contribution in [0.15, 0.2) is 18.2 Å². The lowest BCUT2D eigenvalue weighted by Crippen LogP contribution is -2.29. The van der Waals surface area contributed by atoms with E-state index >= 15 is 0 Å². The fourth-order valence-electron chi connectivity index (χ4n) is 2.18. The molecule has 1 N–H and O–H groups in total. The molecule has 0 saturated heterocycles. The van der Waals surface area contributed by atoms with Gasteiger partial charge in [-0.05, 0) is 19.4 Å². The van der Waals surface area contributed by atoms with Crippen LogP contribution in [0.1, 0.15) is 32.3 Å². The van der Waals surface area contributed by atoms with Crippen molar-refractivity contribution < 1.29 is 9.84 Å². The van der Waals surface area contributed by atoms with Crippen LogP contribution >= 0.6 is 0 Å². The summed E-state index contributed by atoms with van der Waals surface area (Å²) in [4.78, 5) is 0. The largest absolute Gasteiger partial charge is 0.504 e. The second-order valence-electron chi connectivity index (χ2n) is 4.24. The summed E-state index contributed by atoms with van der Waals surface area (Å²) in [6.07, 6.45) is 3.04. The van der Waals surface area contributed by atoms with Crippen molar-refractivity contribution in [2.24, 2.45) is 0 Å². The van der Waals surface area contributed by atoms with Crippen molar-refractivity contribution in [3.8, 4) is 11.5 Å². The van der Waals surface area contributed by atoms with E-state index in [-0.39, 0.29) is 11.4 Å². The Kier molecular flexibility index (Phi) is 2.14. The lowest BCUT2D eigenvalue weighted by molar-refractivity contribution is 0.101. The van der Waals surface area contributed by atoms with Crippen molar-refractivity contribution in [3.05, 3.63) is 23.8 Å². The highest BCUT2D eigenvalue weighted by molar-refractivity contribution is 5.49. The highest BCUT2D eigenvalue weighted by Crippen LogP contribution is 2.42. The molecule has 0 amide bonds. The summed E-state index contributed by atoms with van der Waals surface area (Å²) in [5.74, 6) is 0.950. The van der Waals surface area contributed by atoms with Crippen molar-refractivity contribution in [1.82, 2.24) is 0 Å². The van der Waals surface area contributed by atoms with Crippen LogP contribution in [0.5, 0.6) is 11.5 Å². The summed E-state index contributed by atoms with van der Waals surface area (Å²) in [5.41, 5.74) is 1.01. The number of phenols is 1. The Morgan fingerprint density at radius 1 is 1.50 bits per heavy atom. The second-order valence-corrected chi connectivity index (χ2v) is 4.24. The number of fused-ring (bicyclic) bond motifs is 1. The molecule has 2 nitrogen and oxygen atoms in total. The van der Waals surface area contributed by atoms with Gasteiger partial charge in [-0.2, -0.15) is 0 Å². The van der Waals surface area contributed by atoms with E-state index in [0.717, 1.165) is 24.8 Å². The first-order valence-electron chi connectivity index (χ1n) is 5.14. The van der Waals surface area contributed by atoms with Gasteiger partial charge in [-0.25, -0.2) is 0 Å². The van der Waals surface area contributed by atoms with Crippen molar-refractivity contribution in [1.29, 1.82) is 0 Å². The molecule has 0 spiro atoms. The van der Waals surface area contributed by atoms with Gasteiger partial charge in [0, 0.05) is 12.0 Å². The minimum Gasteiger partial charge on any atom is -0.504 e. The number of benzene rings is 1. The van der Waals surface area contributed by atoms with Crippen LogP contribution in [-0.4, -0.2) is 10.7 Å². The molecular weight excluding hydrogens is 176 g/mol. The van der Waals surface area contributed by atoms with E-state index in [1.54, 1.807) is 6.07 Å². The minimum absolute atomic E-state index is 0.115. The standard InChI is InChI=1S/C12H16O2/c1-3-7-12(2)8-9-5-4-6-10(13)11(9)14-12/h4-6,13H,3,7-8H2,1-2H3. The fraction of sp³-hybridized carbons (Fsp3) is 0.500. The molecule has 1 aliphatic heterocycles. The SMILES string of the molecule is CCCC1(C)Cc2cccc(O)c2O1. The molecule has 14 heavy (non-hydrogen) atoms. The molecule has 1 atom stereocenters. The maximum absolute atomic E-state index is 9.61. The second kappa shape index (κ2) is 3.19. The number of phenolic OH excluding ortho intramolecular Hbond substituents is 1. The van der Waals surface area contributed by atoms with Crippen molar-refractivity contribution in [2.75, 3.05) is 0 Å². The molecule has 1 unspecified atom stereocenters. The van der Waals surface area contributed by atoms with Gasteiger partial charge in [0.1, 0.15) is 5.60 Å². The molecular formula is C12H16O2. The van der Waals surface area contributed by atoms with Crippen LogP contribution in [0.3, 0.4) is 0 Å². The van der Waals surface area contributed by atoms with Gasteiger partial charge in [0.25, 0.3) is 0 Å². The molecule has 0 aliphatic carbocycles. The van der Waals surface area contributed by atoms with E-state index in [0.29, 0.717) is 5.75 Å². The predicted octanol–water partition coefficient (Wildman–Crippen LogP) is 2.89. The molecule has 1 aromatic carbocycles. The van der Waals surface area contributed by atoms with Gasteiger partial charge in [-0.3, -0.25) is 0 Å². The first kappa shape index (κ1) is 9.38. The van der Waals surface area contributed by atoms with E-state index in [4.69, 9.17) is 4.74 Å². The van der Waals surface area contributed by atoms with E-state index in [1.165, 1.54) is 0 Å². The van der Waals surface area contributed by atoms with Crippen LogP contribution in [0.2, 0.25) is 0 Å². The van der Waals surface area contributed by atoms with Crippen LogP contribution < -0.4 is 4.74 Å². The monoisotopic (exact) mass is 192 g/mol. The molecule has 0 saturated carbocycles. The van der Waals surface area contributed by atoms with Gasteiger partial charge in [0.05, 0.1) is 0 Å². The van der Waals surface area contributed by atoms with E-state index in [1.807, 2.05) is 12.1 Å². The van der Waals surface area contributed by atoms with Gasteiger partial charge in [0.2, 0.25) is 0 Å². The molecule has 0 aromatic heterocycles. The summed E-state index contributed by atoms with van der Waals surface area (Å²) >= 11 is 0. The lowest BCUT2D eigenvalue weighted by Gasteiger charge is -2.23. The van der Waals surface area contributed by atoms with Crippen LogP contribution in [0.4, 0.5) is 0 Å². The fourth-order valence-corrected chi connectivity index (χ4v) is 2.18. The number of aromatic hydroxyl groups is 1. The van der Waals surface area contributed by atoms with Crippen LogP contribution in [-0.2, 0) is 6.42 Å². The average Bonchev–Trinajstić information content (AvgIpc) is 2.44. The Morgan fingerprint density at radius 3 is 2.93 bits per heavy atom. The molecule has 1 aliphatic rings. The normalized spacial score (nSPS) is 24.4. The highest BCUT2D eigenvalue weighted by atomic mass is 16.5. The number of hydrogen-bond donors (Lipinski definition) is 1. The summed E-state index contributed by atoms with van der Waals surface area (Å²) in [6.45, 7) is 4.26. The Balaban J connectivity index is 2.29. The van der Waals surface area contributed by atoms with Crippen LogP contribution in [0, 0.1) is 0 Å². The molecule has 1 aromatic rings. The number of hydrogen-bond acceptors (Lipinski definition) is 2. The van der Waals surface area contributed by atoms with Gasteiger partial charge in [-0.1, -0.05) is 25.5 Å². The quantitative estimate of drug-likeness (QED) is 0.780.